The third-order valence-corrected chi connectivity index (χ3v) is 6.50. The zero-order valence-corrected chi connectivity index (χ0v) is 19.5. The second kappa shape index (κ2) is 9.36. The van der Waals surface area contributed by atoms with E-state index in [2.05, 4.69) is 30.3 Å². The Morgan fingerprint density at radius 1 is 0.667 bits per heavy atom. The molecule has 2 heterocycles. The Morgan fingerprint density at radius 3 is 1.83 bits per heavy atom. The minimum Gasteiger partial charge on any atom is -0.255 e. The molecular weight excluding hydrogens is 442 g/mol. The molecule has 6 rings (SSSR count). The fourth-order valence-corrected chi connectivity index (χ4v) is 4.86. The van der Waals surface area contributed by atoms with E-state index in [1.807, 2.05) is 108 Å². The molecule has 0 fully saturated rings. The first-order chi connectivity index (χ1) is 17.8. The number of hydrogen-bond donors (Lipinski definition) is 0. The number of nitrogens with zero attached hydrogens (tertiary/aromatic N) is 5. The van der Waals surface area contributed by atoms with Gasteiger partial charge in [-0.3, -0.25) is 5.01 Å². The lowest BCUT2D eigenvalue weighted by Gasteiger charge is -2.27. The Labute approximate surface area is 210 Å². The first-order valence-corrected chi connectivity index (χ1v) is 11.9. The Bertz CT molecular complexity index is 1530. The van der Waals surface area contributed by atoms with Gasteiger partial charge < -0.3 is 0 Å². The summed E-state index contributed by atoms with van der Waals surface area (Å²) in [7, 11) is 0. The summed E-state index contributed by atoms with van der Waals surface area (Å²) in [5.74, 6) is -0.125. The van der Waals surface area contributed by atoms with Crippen LogP contribution in [0.2, 0.25) is 0 Å². The maximum absolute atomic E-state index is 10.2. The van der Waals surface area contributed by atoms with Crippen LogP contribution in [0.4, 0.5) is 5.69 Å². The number of benzene rings is 4. The maximum atomic E-state index is 10.2. The highest BCUT2D eigenvalue weighted by Gasteiger charge is 2.43. The molecule has 172 valence electrons. The monoisotopic (exact) mass is 465 g/mol. The number of aromatic nitrogens is 2. The molecule has 5 aromatic rings. The molecule has 4 aromatic carbocycles. The lowest BCUT2D eigenvalue weighted by Crippen LogP contribution is -2.26. The van der Waals surface area contributed by atoms with Crippen LogP contribution in [0.25, 0.3) is 5.69 Å². The molecular formula is C31H23N5. The van der Waals surface area contributed by atoms with Crippen molar-refractivity contribution >= 4 is 11.4 Å². The Morgan fingerprint density at radius 2 is 1.22 bits per heavy atom. The smallest absolute Gasteiger partial charge is 0.110 e. The summed E-state index contributed by atoms with van der Waals surface area (Å²) >= 11 is 0. The summed E-state index contributed by atoms with van der Waals surface area (Å²) in [5, 5.41) is 22.4. The molecule has 0 N–H and O–H groups in total. The molecule has 1 aromatic heterocycles. The van der Waals surface area contributed by atoms with Crippen molar-refractivity contribution in [3.05, 3.63) is 150 Å². The summed E-state index contributed by atoms with van der Waals surface area (Å²) in [6, 6.07) is 42.7. The van der Waals surface area contributed by atoms with Crippen LogP contribution in [-0.4, -0.2) is 15.5 Å². The van der Waals surface area contributed by atoms with Gasteiger partial charge in [0.15, 0.2) is 0 Å². The van der Waals surface area contributed by atoms with Gasteiger partial charge in [-0.25, -0.2) is 4.68 Å². The van der Waals surface area contributed by atoms with Crippen LogP contribution >= 0.6 is 0 Å². The molecule has 2 atom stereocenters. The Kier molecular flexibility index (Phi) is 5.61. The highest BCUT2D eigenvalue weighted by molar-refractivity contribution is 6.08. The Hall–Kier alpha value is -4.95. The van der Waals surface area contributed by atoms with Crippen LogP contribution in [0, 0.1) is 11.3 Å². The minimum absolute atomic E-state index is 0.125. The number of hydrazone groups is 1. The van der Waals surface area contributed by atoms with Crippen LogP contribution in [0.1, 0.15) is 34.3 Å². The largest absolute Gasteiger partial charge is 0.255 e. The molecule has 0 amide bonds. The zero-order chi connectivity index (χ0) is 24.3. The molecule has 0 radical (unpaired) electrons. The van der Waals surface area contributed by atoms with E-state index in [9.17, 15) is 5.26 Å². The molecule has 0 bridgehead atoms. The van der Waals surface area contributed by atoms with Gasteiger partial charge in [-0.1, -0.05) is 97.1 Å². The maximum Gasteiger partial charge on any atom is 0.110 e. The van der Waals surface area contributed by atoms with Crippen molar-refractivity contribution in [2.75, 3.05) is 5.01 Å². The number of rotatable bonds is 5. The molecule has 5 heteroatoms. The van der Waals surface area contributed by atoms with E-state index in [1.165, 1.54) is 0 Å². The van der Waals surface area contributed by atoms with Crippen molar-refractivity contribution < 1.29 is 0 Å². The number of anilines is 1. The van der Waals surface area contributed by atoms with E-state index < -0.39 is 0 Å². The van der Waals surface area contributed by atoms with Gasteiger partial charge in [0.1, 0.15) is 17.8 Å². The second-order valence-corrected chi connectivity index (χ2v) is 8.68. The lowest BCUT2D eigenvalue weighted by atomic mass is 9.83. The number of hydrogen-bond acceptors (Lipinski definition) is 4. The van der Waals surface area contributed by atoms with Gasteiger partial charge in [-0.2, -0.15) is 15.5 Å². The van der Waals surface area contributed by atoms with E-state index in [-0.39, 0.29) is 12.0 Å². The molecule has 0 saturated heterocycles. The van der Waals surface area contributed by atoms with Gasteiger partial charge in [0, 0.05) is 6.20 Å². The predicted octanol–water partition coefficient (Wildman–Crippen LogP) is 6.49. The average Bonchev–Trinajstić information content (AvgIpc) is 3.57. The van der Waals surface area contributed by atoms with Gasteiger partial charge in [-0.15, -0.1) is 0 Å². The summed E-state index contributed by atoms with van der Waals surface area (Å²) in [4.78, 5) is 0. The van der Waals surface area contributed by atoms with Crippen LogP contribution < -0.4 is 5.01 Å². The normalized spacial score (nSPS) is 17.0. The van der Waals surface area contributed by atoms with Gasteiger partial charge in [0.25, 0.3) is 0 Å². The van der Waals surface area contributed by atoms with Crippen molar-refractivity contribution in [3.63, 3.8) is 0 Å². The zero-order valence-electron chi connectivity index (χ0n) is 19.5. The van der Waals surface area contributed by atoms with Crippen LogP contribution in [-0.2, 0) is 0 Å². The molecule has 36 heavy (non-hydrogen) atoms. The minimum atomic E-state index is -0.301. The van der Waals surface area contributed by atoms with Crippen LogP contribution in [0.5, 0.6) is 0 Å². The molecule has 0 saturated carbocycles. The van der Waals surface area contributed by atoms with E-state index in [4.69, 9.17) is 10.2 Å². The molecule has 1 aliphatic rings. The number of nitriles is 1. The topological polar surface area (TPSA) is 57.2 Å². The van der Waals surface area contributed by atoms with E-state index in [1.54, 1.807) is 4.68 Å². The fraction of sp³-hybridized carbons (Fsp3) is 0.0645. The molecule has 0 aliphatic carbocycles. The summed E-state index contributed by atoms with van der Waals surface area (Å²) in [6.45, 7) is 0. The Balaban J connectivity index is 1.58. The van der Waals surface area contributed by atoms with Crippen molar-refractivity contribution in [2.45, 2.75) is 12.0 Å². The van der Waals surface area contributed by atoms with Crippen molar-refractivity contribution in [2.24, 2.45) is 5.10 Å². The van der Waals surface area contributed by atoms with Crippen LogP contribution in [0.3, 0.4) is 0 Å². The second-order valence-electron chi connectivity index (χ2n) is 8.68. The quantitative estimate of drug-likeness (QED) is 0.298. The fourth-order valence-electron chi connectivity index (χ4n) is 4.86. The van der Waals surface area contributed by atoms with Crippen molar-refractivity contribution in [3.8, 4) is 11.8 Å². The first-order valence-electron chi connectivity index (χ1n) is 11.9. The number of para-hydroxylation sites is 2. The third-order valence-electron chi connectivity index (χ3n) is 6.50. The van der Waals surface area contributed by atoms with E-state index in [0.29, 0.717) is 11.3 Å². The molecule has 5 nitrogen and oxygen atoms in total. The van der Waals surface area contributed by atoms with Crippen LogP contribution in [0.15, 0.2) is 133 Å². The SMILES string of the molecule is N#Cc1cn(-c2ccccc2)nc1[C@@H]1[C@@H](c2ccccc2)C(c2ccccc2)=NN1c1ccccc1. The van der Waals surface area contributed by atoms with E-state index in [0.717, 1.165) is 28.2 Å². The standard InChI is InChI=1S/C31H23N5/c32-21-25-22-35(26-17-9-3-10-18-26)33-30(25)31-28(23-13-5-1-6-14-23)29(24-15-7-2-8-16-24)34-36(31)27-19-11-4-12-20-27/h1-20,22,28,31H/t28-,31-/m0/s1. The van der Waals surface area contributed by atoms with Crippen molar-refractivity contribution in [1.29, 1.82) is 5.26 Å². The van der Waals surface area contributed by atoms with E-state index >= 15 is 0 Å². The van der Waals surface area contributed by atoms with Crippen molar-refractivity contribution in [1.82, 2.24) is 9.78 Å². The average molecular weight is 466 g/mol. The van der Waals surface area contributed by atoms with Gasteiger partial charge in [-0.05, 0) is 35.4 Å². The third kappa shape index (κ3) is 3.85. The summed E-state index contributed by atoms with van der Waals surface area (Å²) in [5.41, 5.74) is 6.23. The van der Waals surface area contributed by atoms with Gasteiger partial charge in [0.05, 0.1) is 28.6 Å². The summed E-state index contributed by atoms with van der Waals surface area (Å²) in [6.07, 6.45) is 1.82. The lowest BCUT2D eigenvalue weighted by molar-refractivity contribution is 0.618. The molecule has 0 spiro atoms. The highest BCUT2D eigenvalue weighted by Crippen LogP contribution is 2.46. The first kappa shape index (κ1) is 21.6. The predicted molar refractivity (Wildman–Crippen MR) is 142 cm³/mol. The highest BCUT2D eigenvalue weighted by atomic mass is 15.5. The van der Waals surface area contributed by atoms with Gasteiger partial charge >= 0.3 is 0 Å². The summed E-state index contributed by atoms with van der Waals surface area (Å²) < 4.78 is 1.79. The molecule has 0 unspecified atom stereocenters. The molecule has 1 aliphatic heterocycles. The van der Waals surface area contributed by atoms with Gasteiger partial charge in [0.2, 0.25) is 0 Å².